The summed E-state index contributed by atoms with van der Waals surface area (Å²) in [5.74, 6) is 0.458. The van der Waals surface area contributed by atoms with Gasteiger partial charge in [-0.2, -0.15) is 0 Å². The van der Waals surface area contributed by atoms with E-state index in [2.05, 4.69) is 16.7 Å². The second-order valence-corrected chi connectivity index (χ2v) is 7.67. The average molecular weight is 334 g/mol. The molecule has 1 aromatic rings. The van der Waals surface area contributed by atoms with Crippen molar-refractivity contribution in [1.82, 2.24) is 9.80 Å². The van der Waals surface area contributed by atoms with Crippen LogP contribution in [-0.2, 0) is 0 Å². The molecule has 0 aliphatic carbocycles. The second-order valence-electron chi connectivity index (χ2n) is 7.67. The number of benzene rings is 1. The largest absolute Gasteiger partial charge is 0.387 e. The third-order valence-electron chi connectivity index (χ3n) is 5.72. The number of piperidine rings is 2. The first-order chi connectivity index (χ1) is 11.6. The molecular formula is C20H31FN2O. The van der Waals surface area contributed by atoms with E-state index in [-0.39, 0.29) is 5.82 Å². The maximum absolute atomic E-state index is 13.0. The van der Waals surface area contributed by atoms with Crippen molar-refractivity contribution in [3.63, 3.8) is 0 Å². The normalized spacial score (nSPS) is 28.0. The topological polar surface area (TPSA) is 26.7 Å². The zero-order chi connectivity index (χ0) is 16.9. The van der Waals surface area contributed by atoms with E-state index in [4.69, 9.17) is 0 Å². The molecule has 2 heterocycles. The third kappa shape index (κ3) is 4.78. The Hall–Kier alpha value is -0.970. The van der Waals surface area contributed by atoms with Crippen LogP contribution < -0.4 is 0 Å². The SMILES string of the molecule is CC1CCCCN1CC1CCCN(CC(O)c2ccc(F)cc2)C1. The van der Waals surface area contributed by atoms with E-state index < -0.39 is 6.10 Å². The number of hydrogen-bond donors (Lipinski definition) is 1. The van der Waals surface area contributed by atoms with E-state index in [9.17, 15) is 9.50 Å². The highest BCUT2D eigenvalue weighted by atomic mass is 19.1. The Morgan fingerprint density at radius 1 is 1.12 bits per heavy atom. The van der Waals surface area contributed by atoms with Gasteiger partial charge in [0.25, 0.3) is 0 Å². The number of aliphatic hydroxyl groups is 1. The van der Waals surface area contributed by atoms with Crippen molar-refractivity contribution in [2.75, 3.05) is 32.7 Å². The van der Waals surface area contributed by atoms with E-state index in [0.717, 1.165) is 24.7 Å². The number of halogens is 1. The van der Waals surface area contributed by atoms with E-state index in [1.165, 1.54) is 57.3 Å². The van der Waals surface area contributed by atoms with Crippen molar-refractivity contribution < 1.29 is 9.50 Å². The van der Waals surface area contributed by atoms with Crippen LogP contribution in [0.1, 0.15) is 50.7 Å². The summed E-state index contributed by atoms with van der Waals surface area (Å²) in [6.45, 7) is 7.59. The molecule has 0 bridgehead atoms. The summed E-state index contributed by atoms with van der Waals surface area (Å²) >= 11 is 0. The van der Waals surface area contributed by atoms with E-state index in [0.29, 0.717) is 12.5 Å². The van der Waals surface area contributed by atoms with Crippen LogP contribution >= 0.6 is 0 Å². The Morgan fingerprint density at radius 3 is 2.67 bits per heavy atom. The Labute approximate surface area is 145 Å². The van der Waals surface area contributed by atoms with Crippen molar-refractivity contribution in [2.24, 2.45) is 5.92 Å². The van der Waals surface area contributed by atoms with Crippen molar-refractivity contribution in [2.45, 2.75) is 51.2 Å². The Kier molecular flexibility index (Phi) is 6.25. The standard InChI is InChI=1S/C20H31FN2O/c1-16-5-2-3-12-23(16)14-17-6-4-11-22(13-17)15-20(24)18-7-9-19(21)10-8-18/h7-10,16-17,20,24H,2-6,11-15H2,1H3. The van der Waals surface area contributed by atoms with E-state index >= 15 is 0 Å². The average Bonchev–Trinajstić information content (AvgIpc) is 2.58. The highest BCUT2D eigenvalue weighted by molar-refractivity contribution is 5.18. The molecule has 3 rings (SSSR count). The molecule has 1 aromatic carbocycles. The lowest BCUT2D eigenvalue weighted by atomic mass is 9.94. The Balaban J connectivity index is 1.50. The van der Waals surface area contributed by atoms with Gasteiger partial charge < -0.3 is 14.9 Å². The molecule has 0 aromatic heterocycles. The maximum atomic E-state index is 13.0. The lowest BCUT2D eigenvalue weighted by Crippen LogP contribution is -2.46. The van der Waals surface area contributed by atoms with Crippen molar-refractivity contribution in [3.05, 3.63) is 35.6 Å². The summed E-state index contributed by atoms with van der Waals surface area (Å²) < 4.78 is 13.0. The molecule has 2 aliphatic heterocycles. The first-order valence-electron chi connectivity index (χ1n) is 9.52. The van der Waals surface area contributed by atoms with Crippen molar-refractivity contribution >= 4 is 0 Å². The lowest BCUT2D eigenvalue weighted by molar-refractivity contribution is 0.0613. The molecule has 0 amide bonds. The minimum atomic E-state index is -0.529. The molecular weight excluding hydrogens is 303 g/mol. The minimum absolute atomic E-state index is 0.250. The van der Waals surface area contributed by atoms with Gasteiger partial charge in [-0.3, -0.25) is 0 Å². The quantitative estimate of drug-likeness (QED) is 0.893. The molecule has 4 heteroatoms. The van der Waals surface area contributed by atoms with Gasteiger partial charge in [0.05, 0.1) is 6.10 Å². The van der Waals surface area contributed by atoms with Crippen molar-refractivity contribution in [3.8, 4) is 0 Å². The summed E-state index contributed by atoms with van der Waals surface area (Å²) in [6.07, 6.45) is 6.02. The lowest BCUT2D eigenvalue weighted by Gasteiger charge is -2.40. The number of β-amino-alcohol motifs (C(OH)–C–C–N with tert-alkyl or cyclic N) is 1. The number of nitrogens with zero attached hydrogens (tertiary/aromatic N) is 2. The van der Waals surface area contributed by atoms with Crippen LogP contribution in [0.2, 0.25) is 0 Å². The molecule has 0 saturated carbocycles. The molecule has 2 aliphatic rings. The molecule has 2 fully saturated rings. The number of aliphatic hydroxyl groups excluding tert-OH is 1. The number of likely N-dealkylation sites (tertiary alicyclic amines) is 2. The van der Waals surface area contributed by atoms with Gasteiger partial charge >= 0.3 is 0 Å². The fourth-order valence-electron chi connectivity index (χ4n) is 4.26. The fourth-order valence-corrected chi connectivity index (χ4v) is 4.26. The maximum Gasteiger partial charge on any atom is 0.123 e. The molecule has 1 N–H and O–H groups in total. The van der Waals surface area contributed by atoms with E-state index in [1.807, 2.05) is 0 Å². The number of hydrogen-bond acceptors (Lipinski definition) is 3. The molecule has 2 saturated heterocycles. The molecule has 3 atom stereocenters. The second kappa shape index (κ2) is 8.41. The van der Waals surface area contributed by atoms with Gasteiger partial charge in [0.2, 0.25) is 0 Å². The summed E-state index contributed by atoms with van der Waals surface area (Å²) in [6, 6.07) is 6.96. The van der Waals surface area contributed by atoms with Crippen LogP contribution in [0.4, 0.5) is 4.39 Å². The molecule has 3 nitrogen and oxygen atoms in total. The smallest absolute Gasteiger partial charge is 0.123 e. The Morgan fingerprint density at radius 2 is 1.92 bits per heavy atom. The third-order valence-corrected chi connectivity index (χ3v) is 5.72. The first-order valence-corrected chi connectivity index (χ1v) is 9.52. The predicted octanol–water partition coefficient (Wildman–Crippen LogP) is 3.45. The van der Waals surface area contributed by atoms with E-state index in [1.54, 1.807) is 12.1 Å². The van der Waals surface area contributed by atoms with Crippen LogP contribution in [-0.4, -0.2) is 53.7 Å². The monoisotopic (exact) mass is 334 g/mol. The van der Waals surface area contributed by atoms with Gasteiger partial charge in [0.1, 0.15) is 5.82 Å². The van der Waals surface area contributed by atoms with Gasteiger partial charge in [0.15, 0.2) is 0 Å². The van der Waals surface area contributed by atoms with Crippen LogP contribution in [0, 0.1) is 11.7 Å². The molecule has 24 heavy (non-hydrogen) atoms. The van der Waals surface area contributed by atoms with Gasteiger partial charge in [-0.25, -0.2) is 4.39 Å². The highest BCUT2D eigenvalue weighted by Crippen LogP contribution is 2.24. The Bertz CT molecular complexity index is 507. The summed E-state index contributed by atoms with van der Waals surface area (Å²) in [7, 11) is 0. The molecule has 0 radical (unpaired) electrons. The molecule has 3 unspecified atom stereocenters. The van der Waals surface area contributed by atoms with Gasteiger partial charge in [-0.1, -0.05) is 18.6 Å². The van der Waals surface area contributed by atoms with Crippen LogP contribution in [0.3, 0.4) is 0 Å². The summed E-state index contributed by atoms with van der Waals surface area (Å²) in [4.78, 5) is 5.05. The summed E-state index contributed by atoms with van der Waals surface area (Å²) in [5.41, 5.74) is 0.808. The van der Waals surface area contributed by atoms with Gasteiger partial charge in [0, 0.05) is 25.7 Å². The van der Waals surface area contributed by atoms with Crippen LogP contribution in [0.5, 0.6) is 0 Å². The van der Waals surface area contributed by atoms with Crippen molar-refractivity contribution in [1.29, 1.82) is 0 Å². The predicted molar refractivity (Wildman–Crippen MR) is 95.4 cm³/mol. The number of rotatable bonds is 5. The fraction of sp³-hybridized carbons (Fsp3) is 0.700. The zero-order valence-electron chi connectivity index (χ0n) is 14.8. The summed E-state index contributed by atoms with van der Waals surface area (Å²) in [5, 5.41) is 10.4. The molecule has 134 valence electrons. The minimum Gasteiger partial charge on any atom is -0.387 e. The zero-order valence-corrected chi connectivity index (χ0v) is 14.8. The van der Waals surface area contributed by atoms with Gasteiger partial charge in [-0.05, 0) is 69.3 Å². The highest BCUT2D eigenvalue weighted by Gasteiger charge is 2.26. The van der Waals surface area contributed by atoms with Crippen LogP contribution in [0.15, 0.2) is 24.3 Å². The molecule has 0 spiro atoms. The van der Waals surface area contributed by atoms with Crippen LogP contribution in [0.25, 0.3) is 0 Å². The van der Waals surface area contributed by atoms with Gasteiger partial charge in [-0.15, -0.1) is 0 Å². The first kappa shape index (κ1) is 17.8.